The summed E-state index contributed by atoms with van der Waals surface area (Å²) in [6.45, 7) is 4.56. The highest BCUT2D eigenvalue weighted by atomic mass is 16.6. The van der Waals surface area contributed by atoms with Gasteiger partial charge in [-0.15, -0.1) is 0 Å². The van der Waals surface area contributed by atoms with Gasteiger partial charge in [0.05, 0.1) is 10.6 Å². The van der Waals surface area contributed by atoms with Crippen LogP contribution in [-0.4, -0.2) is 9.91 Å². The fourth-order valence-corrected chi connectivity index (χ4v) is 1.98. The predicted octanol–water partition coefficient (Wildman–Crippen LogP) is 3.15. The summed E-state index contributed by atoms with van der Waals surface area (Å²) in [7, 11) is 0. The number of non-ortho nitro benzene ring substituents is 1. The minimum atomic E-state index is -0.377. The fraction of sp³-hybridized carbons (Fsp3) is 0.267. The molecule has 20 heavy (non-hydrogen) atoms. The smallest absolute Gasteiger partial charge is 0.269 e. The van der Waals surface area contributed by atoms with Crippen LogP contribution in [0.25, 0.3) is 0 Å². The number of nitro groups is 1. The molecule has 2 aromatic rings. The van der Waals surface area contributed by atoms with Crippen molar-refractivity contribution in [3.05, 3.63) is 69.5 Å². The lowest BCUT2D eigenvalue weighted by molar-refractivity contribution is -0.384. The Balaban J connectivity index is 2.03. The molecular weight excluding hydrogens is 254 g/mol. The van der Waals surface area contributed by atoms with E-state index in [1.807, 2.05) is 38.1 Å². The second-order valence-electron chi connectivity index (χ2n) is 4.72. The van der Waals surface area contributed by atoms with Gasteiger partial charge in [-0.2, -0.15) is 0 Å². The average molecular weight is 271 g/mol. The highest BCUT2D eigenvalue weighted by molar-refractivity contribution is 5.35. The molecule has 1 heterocycles. The van der Waals surface area contributed by atoms with E-state index in [4.69, 9.17) is 0 Å². The van der Waals surface area contributed by atoms with Gasteiger partial charge in [0.15, 0.2) is 0 Å². The van der Waals surface area contributed by atoms with Gasteiger partial charge in [0.25, 0.3) is 5.69 Å². The van der Waals surface area contributed by atoms with E-state index in [9.17, 15) is 10.1 Å². The number of pyridine rings is 1. The lowest BCUT2D eigenvalue weighted by Gasteiger charge is -2.14. The van der Waals surface area contributed by atoms with Gasteiger partial charge >= 0.3 is 0 Å². The third kappa shape index (κ3) is 3.61. The molecule has 0 bridgehead atoms. The summed E-state index contributed by atoms with van der Waals surface area (Å²) in [5.74, 6) is 0. The van der Waals surface area contributed by atoms with E-state index in [0.717, 1.165) is 17.0 Å². The molecule has 1 aromatic heterocycles. The number of aryl methyl sites for hydroxylation is 1. The van der Waals surface area contributed by atoms with Gasteiger partial charge in [0.2, 0.25) is 0 Å². The van der Waals surface area contributed by atoms with E-state index >= 15 is 0 Å². The monoisotopic (exact) mass is 271 g/mol. The van der Waals surface area contributed by atoms with Crippen molar-refractivity contribution in [2.75, 3.05) is 0 Å². The zero-order valence-corrected chi connectivity index (χ0v) is 11.5. The van der Waals surface area contributed by atoms with Gasteiger partial charge in [-0.25, -0.2) is 0 Å². The molecule has 0 amide bonds. The van der Waals surface area contributed by atoms with Crippen LogP contribution in [0.5, 0.6) is 0 Å². The molecule has 0 aliphatic carbocycles. The first-order valence-electron chi connectivity index (χ1n) is 6.46. The molecule has 0 saturated heterocycles. The topological polar surface area (TPSA) is 68.1 Å². The first-order chi connectivity index (χ1) is 9.56. The number of nitrogens with one attached hydrogen (secondary N) is 1. The predicted molar refractivity (Wildman–Crippen MR) is 77.3 cm³/mol. The maximum Gasteiger partial charge on any atom is 0.269 e. The van der Waals surface area contributed by atoms with Gasteiger partial charge in [0, 0.05) is 30.4 Å². The Bertz CT molecular complexity index is 614. The lowest BCUT2D eigenvalue weighted by Crippen LogP contribution is -2.19. The minimum Gasteiger partial charge on any atom is -0.305 e. The normalized spacial score (nSPS) is 12.1. The van der Waals surface area contributed by atoms with Gasteiger partial charge in [0.1, 0.15) is 0 Å². The number of nitrogens with zero attached hydrogens (tertiary/aromatic N) is 2. The SMILES string of the molecule is Cc1cccc(CNC(C)c2cccc([N+](=O)[O-])c2)n1. The molecule has 1 unspecified atom stereocenters. The Morgan fingerprint density at radius 1 is 1.30 bits per heavy atom. The molecule has 5 heteroatoms. The van der Waals surface area contributed by atoms with E-state index in [0.29, 0.717) is 6.54 Å². The highest BCUT2D eigenvalue weighted by Gasteiger charge is 2.10. The molecule has 1 aromatic carbocycles. The molecule has 0 saturated carbocycles. The average Bonchev–Trinajstić information content (AvgIpc) is 2.45. The van der Waals surface area contributed by atoms with E-state index in [2.05, 4.69) is 10.3 Å². The summed E-state index contributed by atoms with van der Waals surface area (Å²) in [6, 6.07) is 12.6. The first kappa shape index (κ1) is 14.1. The Hall–Kier alpha value is -2.27. The molecule has 5 nitrogen and oxygen atoms in total. The molecule has 0 radical (unpaired) electrons. The van der Waals surface area contributed by atoms with Crippen LogP contribution in [0.1, 0.15) is 29.9 Å². The van der Waals surface area contributed by atoms with Crippen LogP contribution in [-0.2, 0) is 6.54 Å². The molecule has 1 atom stereocenters. The quantitative estimate of drug-likeness (QED) is 0.670. The third-order valence-electron chi connectivity index (χ3n) is 3.12. The number of hydrogen-bond acceptors (Lipinski definition) is 4. The summed E-state index contributed by atoms with van der Waals surface area (Å²) >= 11 is 0. The van der Waals surface area contributed by atoms with E-state index in [1.165, 1.54) is 6.07 Å². The van der Waals surface area contributed by atoms with Gasteiger partial charge in [-0.3, -0.25) is 15.1 Å². The van der Waals surface area contributed by atoms with Crippen molar-refractivity contribution in [2.45, 2.75) is 26.4 Å². The van der Waals surface area contributed by atoms with Crippen LogP contribution < -0.4 is 5.32 Å². The molecule has 0 spiro atoms. The zero-order valence-electron chi connectivity index (χ0n) is 11.5. The molecule has 2 rings (SSSR count). The van der Waals surface area contributed by atoms with Crippen LogP contribution in [0.3, 0.4) is 0 Å². The van der Waals surface area contributed by atoms with E-state index in [-0.39, 0.29) is 16.7 Å². The zero-order chi connectivity index (χ0) is 14.5. The molecule has 1 N–H and O–H groups in total. The van der Waals surface area contributed by atoms with E-state index < -0.39 is 0 Å². The summed E-state index contributed by atoms with van der Waals surface area (Å²) in [4.78, 5) is 14.8. The third-order valence-corrected chi connectivity index (χ3v) is 3.12. The number of rotatable bonds is 5. The Morgan fingerprint density at radius 3 is 2.75 bits per heavy atom. The van der Waals surface area contributed by atoms with Crippen molar-refractivity contribution in [2.24, 2.45) is 0 Å². The maximum atomic E-state index is 10.8. The van der Waals surface area contributed by atoms with Crippen LogP contribution in [0, 0.1) is 17.0 Å². The van der Waals surface area contributed by atoms with Crippen molar-refractivity contribution >= 4 is 5.69 Å². The number of aromatic nitrogens is 1. The van der Waals surface area contributed by atoms with Crippen LogP contribution in [0.15, 0.2) is 42.5 Å². The number of benzene rings is 1. The second-order valence-corrected chi connectivity index (χ2v) is 4.72. The van der Waals surface area contributed by atoms with Gasteiger partial charge in [-0.1, -0.05) is 18.2 Å². The standard InChI is InChI=1S/C15H17N3O2/c1-11-5-3-7-14(17-11)10-16-12(2)13-6-4-8-15(9-13)18(19)20/h3-9,12,16H,10H2,1-2H3. The van der Waals surface area contributed by atoms with Crippen LogP contribution >= 0.6 is 0 Å². The van der Waals surface area contributed by atoms with Crippen LogP contribution in [0.4, 0.5) is 5.69 Å². The minimum absolute atomic E-state index is 0.0252. The lowest BCUT2D eigenvalue weighted by atomic mass is 10.1. The second kappa shape index (κ2) is 6.25. The summed E-state index contributed by atoms with van der Waals surface area (Å²) in [5.41, 5.74) is 2.95. The fourth-order valence-electron chi connectivity index (χ4n) is 1.98. The molecule has 0 aliphatic rings. The first-order valence-corrected chi connectivity index (χ1v) is 6.46. The largest absolute Gasteiger partial charge is 0.305 e. The van der Waals surface area contributed by atoms with Crippen molar-refractivity contribution in [3.63, 3.8) is 0 Å². The Morgan fingerprint density at radius 2 is 2.05 bits per heavy atom. The number of nitro benzene ring substituents is 1. The highest BCUT2D eigenvalue weighted by Crippen LogP contribution is 2.19. The molecule has 0 fully saturated rings. The van der Waals surface area contributed by atoms with Crippen molar-refractivity contribution in [1.82, 2.24) is 10.3 Å². The summed E-state index contributed by atoms with van der Waals surface area (Å²) in [6.07, 6.45) is 0. The van der Waals surface area contributed by atoms with Crippen LogP contribution in [0.2, 0.25) is 0 Å². The summed E-state index contributed by atoms with van der Waals surface area (Å²) in [5, 5.41) is 14.1. The van der Waals surface area contributed by atoms with Crippen molar-refractivity contribution in [1.29, 1.82) is 0 Å². The van der Waals surface area contributed by atoms with Crippen molar-refractivity contribution < 1.29 is 4.92 Å². The molecular formula is C15H17N3O2. The Kier molecular flexibility index (Phi) is 4.42. The molecule has 0 aliphatic heterocycles. The number of hydrogen-bond donors (Lipinski definition) is 1. The van der Waals surface area contributed by atoms with Gasteiger partial charge < -0.3 is 5.32 Å². The van der Waals surface area contributed by atoms with Gasteiger partial charge in [-0.05, 0) is 31.5 Å². The maximum absolute atomic E-state index is 10.8. The van der Waals surface area contributed by atoms with Crippen molar-refractivity contribution in [3.8, 4) is 0 Å². The Labute approximate surface area is 117 Å². The summed E-state index contributed by atoms with van der Waals surface area (Å²) < 4.78 is 0. The molecule has 104 valence electrons. The van der Waals surface area contributed by atoms with E-state index in [1.54, 1.807) is 12.1 Å².